The average molecular weight is 437 g/mol. The lowest BCUT2D eigenvalue weighted by Gasteiger charge is -2.40. The first-order valence-electron chi connectivity index (χ1n) is 6.99. The summed E-state index contributed by atoms with van der Waals surface area (Å²) in [6.07, 6.45) is -3.53. The van der Waals surface area contributed by atoms with Gasteiger partial charge in [0.05, 0.1) is 13.2 Å². The third-order valence-electron chi connectivity index (χ3n) is 3.46. The van der Waals surface area contributed by atoms with Gasteiger partial charge < -0.3 is 30.3 Å². The van der Waals surface area contributed by atoms with Crippen molar-refractivity contribution in [2.75, 3.05) is 18.9 Å². The number of aliphatic hydroxyl groups is 1. The molecule has 13 nitrogen and oxygen atoms in total. The maximum absolute atomic E-state index is 14.5. The second-order valence-electron chi connectivity index (χ2n) is 5.39. The van der Waals surface area contributed by atoms with Crippen LogP contribution in [0.3, 0.4) is 0 Å². The molecule has 154 valence electrons. The molecule has 1 aliphatic heterocycles. The molecule has 1 aromatic heterocycles. The lowest BCUT2D eigenvalue weighted by atomic mass is 9.97. The largest absolute Gasteiger partial charge is 0.481 e. The normalized spacial score (nSPS) is 27.9. The summed E-state index contributed by atoms with van der Waals surface area (Å²) in [4.78, 5) is 41.1. The number of aromatic nitrogens is 2. The van der Waals surface area contributed by atoms with Gasteiger partial charge in [-0.3, -0.25) is 9.09 Å². The Morgan fingerprint density at radius 1 is 1.41 bits per heavy atom. The fraction of sp³-hybridized carbons (Fsp3) is 0.600. The van der Waals surface area contributed by atoms with E-state index in [1.807, 2.05) is 0 Å². The number of rotatable bonds is 6. The lowest BCUT2D eigenvalue weighted by molar-refractivity contribution is -0.242. The minimum atomic E-state index is -5.40. The number of nitrogens with zero attached hydrogens (tertiary/aromatic N) is 2. The molecule has 0 bridgehead atoms. The van der Waals surface area contributed by atoms with Crippen LogP contribution in [-0.2, 0) is 22.7 Å². The molecule has 17 heteroatoms. The van der Waals surface area contributed by atoms with Crippen molar-refractivity contribution in [1.82, 2.24) is 9.55 Å². The van der Waals surface area contributed by atoms with E-state index in [0.29, 0.717) is 4.57 Å². The first-order valence-corrected chi connectivity index (χ1v) is 10.0. The second-order valence-corrected chi connectivity index (χ2v) is 8.22. The van der Waals surface area contributed by atoms with Gasteiger partial charge in [0.2, 0.25) is 0 Å². The van der Waals surface area contributed by atoms with Crippen molar-refractivity contribution in [2.24, 2.45) is 0 Å². The molecule has 1 saturated heterocycles. The van der Waals surface area contributed by atoms with E-state index >= 15 is 0 Å². The smallest absolute Gasteiger partial charge is 0.384 e. The quantitative estimate of drug-likeness (QED) is 0.340. The molecule has 2 rings (SSSR count). The highest BCUT2D eigenvalue weighted by Gasteiger charge is 2.55. The molecule has 2 heterocycles. The van der Waals surface area contributed by atoms with E-state index in [1.165, 1.54) is 0 Å². The van der Waals surface area contributed by atoms with Crippen molar-refractivity contribution in [2.45, 2.75) is 24.2 Å². The van der Waals surface area contributed by atoms with E-state index in [2.05, 4.69) is 13.8 Å². The monoisotopic (exact) mass is 437 g/mol. The van der Waals surface area contributed by atoms with E-state index in [1.54, 1.807) is 0 Å². The Bertz CT molecular complexity index is 845. The fourth-order valence-corrected chi connectivity index (χ4v) is 3.85. The molecule has 0 aromatic carbocycles. The lowest BCUT2D eigenvalue weighted by Crippen LogP contribution is -2.58. The minimum Gasteiger partial charge on any atom is -0.384 e. The van der Waals surface area contributed by atoms with Crippen LogP contribution in [0.2, 0.25) is 0 Å². The first-order chi connectivity index (χ1) is 12.2. The number of phosphoric acid groups is 2. The van der Waals surface area contributed by atoms with Gasteiger partial charge in [-0.25, -0.2) is 22.7 Å². The zero-order valence-electron chi connectivity index (χ0n) is 13.2. The number of anilines is 1. The topological polar surface area (TPSA) is 204 Å². The van der Waals surface area contributed by atoms with Crippen LogP contribution in [0.5, 0.6) is 0 Å². The van der Waals surface area contributed by atoms with Crippen LogP contribution in [0.25, 0.3) is 0 Å². The summed E-state index contributed by atoms with van der Waals surface area (Å²) in [5.41, 5.74) is 4.16. The molecule has 1 fully saturated rings. The molecule has 0 spiro atoms. The Morgan fingerprint density at radius 3 is 2.59 bits per heavy atom. The van der Waals surface area contributed by atoms with Crippen LogP contribution >= 0.6 is 15.6 Å². The van der Waals surface area contributed by atoms with Crippen molar-refractivity contribution in [3.63, 3.8) is 0 Å². The standard InChI is InChI=1S/C10H15F2N3O10P2/c11-10(12)6(15-2-1-7(13)14-9(15)17)4-23-5(8(10)16)3-24-27(21,22)25-26(18,19)20/h1-2,5-6,8,16H,3-4H2,(H,21,22)(H2,13,14,17)(H2,18,19,20)/t5-,6?,8+/m1/s1. The molecule has 0 aliphatic carbocycles. The summed E-state index contributed by atoms with van der Waals surface area (Å²) >= 11 is 0. The third kappa shape index (κ3) is 5.38. The third-order valence-corrected chi connectivity index (χ3v) is 5.61. The second kappa shape index (κ2) is 7.62. The number of alkyl halides is 2. The average Bonchev–Trinajstić information content (AvgIpc) is 2.47. The van der Waals surface area contributed by atoms with E-state index < -0.39 is 58.7 Å². The van der Waals surface area contributed by atoms with Crippen LogP contribution in [0, 0.1) is 0 Å². The zero-order valence-corrected chi connectivity index (χ0v) is 15.0. The molecule has 0 amide bonds. The number of hydrogen-bond donors (Lipinski definition) is 5. The molecule has 4 atom stereocenters. The van der Waals surface area contributed by atoms with Gasteiger partial charge in [0.25, 0.3) is 5.92 Å². The van der Waals surface area contributed by atoms with Gasteiger partial charge in [-0.1, -0.05) is 0 Å². The highest BCUT2D eigenvalue weighted by Crippen LogP contribution is 2.57. The van der Waals surface area contributed by atoms with Crippen LogP contribution in [0.4, 0.5) is 14.6 Å². The van der Waals surface area contributed by atoms with Crippen molar-refractivity contribution in [1.29, 1.82) is 0 Å². The summed E-state index contributed by atoms with van der Waals surface area (Å²) in [7, 11) is -10.7. The highest BCUT2D eigenvalue weighted by atomic mass is 31.3. The maximum Gasteiger partial charge on any atom is 0.481 e. The molecule has 1 aliphatic rings. The number of hydrogen-bond acceptors (Lipinski definition) is 9. The SMILES string of the molecule is Nc1ccn(C2CO[C@H](COP(=O)(O)OP(=O)(O)O)[C@H](O)C2(F)F)c(=O)n1. The fourth-order valence-electron chi connectivity index (χ4n) is 2.26. The summed E-state index contributed by atoms with van der Waals surface area (Å²) in [5, 5.41) is 9.82. The Balaban J connectivity index is 2.12. The zero-order chi connectivity index (χ0) is 20.6. The van der Waals surface area contributed by atoms with E-state index in [9.17, 15) is 27.8 Å². The van der Waals surface area contributed by atoms with Gasteiger partial charge in [-0.15, -0.1) is 0 Å². The van der Waals surface area contributed by atoms with E-state index in [4.69, 9.17) is 25.2 Å². The van der Waals surface area contributed by atoms with Crippen molar-refractivity contribution in [3.8, 4) is 0 Å². The molecule has 2 unspecified atom stereocenters. The summed E-state index contributed by atoms with van der Waals surface area (Å²) in [6, 6.07) is -0.878. The molecule has 6 N–H and O–H groups in total. The Hall–Kier alpha value is -1.28. The van der Waals surface area contributed by atoms with Crippen molar-refractivity contribution in [3.05, 3.63) is 22.7 Å². The van der Waals surface area contributed by atoms with Gasteiger partial charge in [-0.05, 0) is 6.07 Å². The molecule has 27 heavy (non-hydrogen) atoms. The van der Waals surface area contributed by atoms with Crippen molar-refractivity contribution < 1.29 is 51.3 Å². The van der Waals surface area contributed by atoms with E-state index in [-0.39, 0.29) is 5.82 Å². The molecule has 0 radical (unpaired) electrons. The first kappa shape index (κ1) is 22.0. The predicted octanol–water partition coefficient (Wildman–Crippen LogP) is -1.01. The summed E-state index contributed by atoms with van der Waals surface area (Å²) in [5.74, 6) is -4.16. The summed E-state index contributed by atoms with van der Waals surface area (Å²) < 4.78 is 63.9. The maximum atomic E-state index is 14.5. The number of nitrogen functional groups attached to an aromatic ring is 1. The van der Waals surface area contributed by atoms with Crippen LogP contribution in [-0.4, -0.2) is 60.7 Å². The number of halogens is 2. The number of ether oxygens (including phenoxy) is 1. The van der Waals surface area contributed by atoms with Crippen molar-refractivity contribution >= 4 is 21.5 Å². The van der Waals surface area contributed by atoms with Crippen LogP contribution < -0.4 is 11.4 Å². The van der Waals surface area contributed by atoms with Gasteiger partial charge in [0.1, 0.15) is 24.1 Å². The molecular weight excluding hydrogens is 422 g/mol. The number of phosphoric ester groups is 1. The molecular formula is C10H15F2N3O10P2. The Kier molecular flexibility index (Phi) is 6.21. The number of nitrogens with two attached hydrogens (primary N) is 1. The summed E-state index contributed by atoms with van der Waals surface area (Å²) in [6.45, 7) is -1.98. The van der Waals surface area contributed by atoms with Gasteiger partial charge >= 0.3 is 21.3 Å². The minimum absolute atomic E-state index is 0.202. The Labute approximate surface area is 149 Å². The number of aliphatic hydroxyl groups excluding tert-OH is 1. The van der Waals surface area contributed by atoms with Gasteiger partial charge in [-0.2, -0.15) is 9.29 Å². The Morgan fingerprint density at radius 2 is 2.04 bits per heavy atom. The van der Waals surface area contributed by atoms with Crippen LogP contribution in [0.1, 0.15) is 6.04 Å². The highest BCUT2D eigenvalue weighted by molar-refractivity contribution is 7.60. The molecule has 1 aromatic rings. The predicted molar refractivity (Wildman–Crippen MR) is 81.5 cm³/mol. The molecule has 0 saturated carbocycles. The van der Waals surface area contributed by atoms with E-state index in [0.717, 1.165) is 12.3 Å². The van der Waals surface area contributed by atoms with Crippen LogP contribution in [0.15, 0.2) is 17.1 Å². The van der Waals surface area contributed by atoms with Gasteiger partial charge in [0.15, 0.2) is 0 Å². The van der Waals surface area contributed by atoms with Gasteiger partial charge in [0, 0.05) is 6.20 Å².